The topological polar surface area (TPSA) is 106 Å². The molecule has 1 saturated heterocycles. The van der Waals surface area contributed by atoms with E-state index in [0.29, 0.717) is 24.9 Å². The van der Waals surface area contributed by atoms with Crippen molar-refractivity contribution in [3.63, 3.8) is 0 Å². The van der Waals surface area contributed by atoms with Crippen molar-refractivity contribution in [2.45, 2.75) is 29.9 Å². The highest BCUT2D eigenvalue weighted by atomic mass is 35.5. The number of piperidine rings is 1. The van der Waals surface area contributed by atoms with Gasteiger partial charge in [-0.1, -0.05) is 0 Å². The van der Waals surface area contributed by atoms with Gasteiger partial charge in [0.25, 0.3) is 0 Å². The Morgan fingerprint density at radius 1 is 1.42 bits per heavy atom. The summed E-state index contributed by atoms with van der Waals surface area (Å²) in [5.41, 5.74) is 6.11. The first-order valence-electron chi connectivity index (χ1n) is 7.30. The summed E-state index contributed by atoms with van der Waals surface area (Å²) >= 11 is 0. The normalized spacial score (nSPS) is 21.6. The van der Waals surface area contributed by atoms with E-state index in [4.69, 9.17) is 20.5 Å². The molecule has 24 heavy (non-hydrogen) atoms. The Morgan fingerprint density at radius 2 is 2.12 bits per heavy atom. The predicted octanol–water partition coefficient (Wildman–Crippen LogP) is 1.12. The van der Waals surface area contributed by atoms with Crippen molar-refractivity contribution in [3.8, 4) is 11.8 Å². The molecule has 1 fully saturated rings. The molecule has 1 aromatic rings. The van der Waals surface area contributed by atoms with Gasteiger partial charge in [-0.15, -0.1) is 12.4 Å². The molecule has 0 bridgehead atoms. The van der Waals surface area contributed by atoms with E-state index < -0.39 is 10.0 Å². The second-order valence-electron chi connectivity index (χ2n) is 5.36. The fourth-order valence-electron chi connectivity index (χ4n) is 2.81. The SMILES string of the molecule is COc1cc(C#N)ccc1S(=O)(=O)N1CCC(OC)CC1CN.Cl. The summed E-state index contributed by atoms with van der Waals surface area (Å²) in [6.45, 7) is 0.559. The van der Waals surface area contributed by atoms with Crippen LogP contribution in [0.1, 0.15) is 18.4 Å². The lowest BCUT2D eigenvalue weighted by molar-refractivity contribution is 0.0401. The van der Waals surface area contributed by atoms with Crippen LogP contribution in [-0.2, 0) is 14.8 Å². The molecule has 1 aromatic carbocycles. The second-order valence-corrected chi connectivity index (χ2v) is 7.22. The third-order valence-electron chi connectivity index (χ3n) is 4.10. The Labute approximate surface area is 148 Å². The summed E-state index contributed by atoms with van der Waals surface area (Å²) in [5, 5.41) is 8.94. The van der Waals surface area contributed by atoms with E-state index in [1.54, 1.807) is 7.11 Å². The molecule has 134 valence electrons. The number of sulfonamides is 1. The minimum atomic E-state index is -3.76. The maximum atomic E-state index is 13.0. The Bertz CT molecular complexity index is 705. The molecule has 1 aliphatic rings. The van der Waals surface area contributed by atoms with Crippen LogP contribution in [-0.4, -0.2) is 52.2 Å². The van der Waals surface area contributed by atoms with Crippen molar-refractivity contribution >= 4 is 22.4 Å². The molecule has 2 unspecified atom stereocenters. The summed E-state index contributed by atoms with van der Waals surface area (Å²) in [5.74, 6) is 0.161. The zero-order valence-electron chi connectivity index (χ0n) is 13.6. The van der Waals surface area contributed by atoms with Crippen LogP contribution in [0.3, 0.4) is 0 Å². The van der Waals surface area contributed by atoms with Crippen LogP contribution < -0.4 is 10.5 Å². The van der Waals surface area contributed by atoms with Crippen LogP contribution in [0.25, 0.3) is 0 Å². The number of benzene rings is 1. The van der Waals surface area contributed by atoms with Gasteiger partial charge in [0.05, 0.1) is 24.8 Å². The number of ether oxygens (including phenoxy) is 2. The highest BCUT2D eigenvalue weighted by Gasteiger charge is 2.37. The van der Waals surface area contributed by atoms with E-state index in [1.807, 2.05) is 6.07 Å². The van der Waals surface area contributed by atoms with Gasteiger partial charge in [0.2, 0.25) is 10.0 Å². The summed E-state index contributed by atoms with van der Waals surface area (Å²) in [6.07, 6.45) is 1.19. The first kappa shape index (κ1) is 20.7. The van der Waals surface area contributed by atoms with E-state index in [-0.39, 0.29) is 41.7 Å². The molecule has 0 spiro atoms. The molecule has 1 heterocycles. The first-order chi connectivity index (χ1) is 11.0. The summed E-state index contributed by atoms with van der Waals surface area (Å²) in [7, 11) is -0.760. The number of halogens is 1. The average Bonchev–Trinajstić information content (AvgIpc) is 2.60. The second kappa shape index (κ2) is 8.65. The van der Waals surface area contributed by atoms with Crippen molar-refractivity contribution in [3.05, 3.63) is 23.8 Å². The smallest absolute Gasteiger partial charge is 0.247 e. The first-order valence-corrected chi connectivity index (χ1v) is 8.74. The van der Waals surface area contributed by atoms with Crippen LogP contribution in [0.4, 0.5) is 0 Å². The average molecular weight is 376 g/mol. The van der Waals surface area contributed by atoms with Crippen molar-refractivity contribution in [2.75, 3.05) is 27.3 Å². The number of methoxy groups -OCH3 is 2. The zero-order chi connectivity index (χ0) is 17.0. The number of nitrogens with zero attached hydrogens (tertiary/aromatic N) is 2. The largest absolute Gasteiger partial charge is 0.495 e. The molecule has 1 aliphatic heterocycles. The minimum absolute atomic E-state index is 0. The van der Waals surface area contributed by atoms with Gasteiger partial charge >= 0.3 is 0 Å². The van der Waals surface area contributed by atoms with Crippen molar-refractivity contribution in [2.24, 2.45) is 5.73 Å². The molecule has 2 N–H and O–H groups in total. The molecule has 2 atom stereocenters. The molecule has 0 aliphatic carbocycles. The van der Waals surface area contributed by atoms with Crippen LogP contribution >= 0.6 is 12.4 Å². The molecule has 9 heteroatoms. The predicted molar refractivity (Wildman–Crippen MR) is 91.7 cm³/mol. The lowest BCUT2D eigenvalue weighted by Gasteiger charge is -2.37. The quantitative estimate of drug-likeness (QED) is 0.826. The van der Waals surface area contributed by atoms with Gasteiger partial charge in [0.15, 0.2) is 0 Å². The van der Waals surface area contributed by atoms with Crippen LogP contribution in [0.15, 0.2) is 23.1 Å². The third-order valence-corrected chi connectivity index (χ3v) is 6.09. The molecular weight excluding hydrogens is 354 g/mol. The molecule has 2 rings (SSSR count). The van der Waals surface area contributed by atoms with Gasteiger partial charge in [-0.3, -0.25) is 0 Å². The van der Waals surface area contributed by atoms with Gasteiger partial charge in [-0.25, -0.2) is 8.42 Å². The lowest BCUT2D eigenvalue weighted by Crippen LogP contribution is -2.51. The van der Waals surface area contributed by atoms with Crippen LogP contribution in [0, 0.1) is 11.3 Å². The van der Waals surface area contributed by atoms with E-state index >= 15 is 0 Å². The molecule has 7 nitrogen and oxygen atoms in total. The van der Waals surface area contributed by atoms with Crippen molar-refractivity contribution < 1.29 is 17.9 Å². The maximum Gasteiger partial charge on any atom is 0.247 e. The van der Waals surface area contributed by atoms with Crippen LogP contribution in [0.2, 0.25) is 0 Å². The van der Waals surface area contributed by atoms with Gasteiger partial charge < -0.3 is 15.2 Å². The van der Waals surface area contributed by atoms with E-state index in [1.165, 1.54) is 29.6 Å². The Kier molecular flexibility index (Phi) is 7.45. The fraction of sp³-hybridized carbons (Fsp3) is 0.533. The van der Waals surface area contributed by atoms with Gasteiger partial charge in [0.1, 0.15) is 10.6 Å². The summed E-state index contributed by atoms with van der Waals surface area (Å²) in [6, 6.07) is 5.94. The summed E-state index contributed by atoms with van der Waals surface area (Å²) < 4.78 is 37.9. The number of hydrogen-bond donors (Lipinski definition) is 1. The third kappa shape index (κ3) is 3.99. The van der Waals surface area contributed by atoms with Crippen LogP contribution in [0.5, 0.6) is 5.75 Å². The standard InChI is InChI=1S/C15H21N3O4S.ClH/c1-21-13-5-6-18(12(8-13)10-17)23(19,20)15-4-3-11(9-16)7-14(15)22-2;/h3-4,7,12-13H,5-6,8,10,17H2,1-2H3;1H. The highest BCUT2D eigenvalue weighted by Crippen LogP contribution is 2.31. The van der Waals surface area contributed by atoms with Gasteiger partial charge in [-0.05, 0) is 31.0 Å². The zero-order valence-corrected chi connectivity index (χ0v) is 15.3. The van der Waals surface area contributed by atoms with Crippen molar-refractivity contribution in [1.29, 1.82) is 5.26 Å². The Morgan fingerprint density at radius 3 is 2.67 bits per heavy atom. The minimum Gasteiger partial charge on any atom is -0.495 e. The Hall–Kier alpha value is -1.37. The molecule has 0 aromatic heterocycles. The fourth-order valence-corrected chi connectivity index (χ4v) is 4.61. The van der Waals surface area contributed by atoms with E-state index in [0.717, 1.165) is 0 Å². The highest BCUT2D eigenvalue weighted by molar-refractivity contribution is 7.89. The molecule has 0 radical (unpaired) electrons. The molecule has 0 amide bonds. The number of hydrogen-bond acceptors (Lipinski definition) is 6. The maximum absolute atomic E-state index is 13.0. The Balaban J connectivity index is 0.00000288. The monoisotopic (exact) mass is 375 g/mol. The van der Waals surface area contributed by atoms with Gasteiger partial charge in [0, 0.05) is 26.2 Å². The molecule has 0 saturated carbocycles. The molecular formula is C15H22ClN3O4S. The lowest BCUT2D eigenvalue weighted by atomic mass is 10.0. The van der Waals surface area contributed by atoms with E-state index in [2.05, 4.69) is 0 Å². The van der Waals surface area contributed by atoms with Crippen molar-refractivity contribution in [1.82, 2.24) is 4.31 Å². The number of nitriles is 1. The van der Waals surface area contributed by atoms with Gasteiger partial charge in [-0.2, -0.15) is 9.57 Å². The number of nitrogens with two attached hydrogens (primary N) is 1. The number of rotatable bonds is 5. The van der Waals surface area contributed by atoms with E-state index in [9.17, 15) is 8.42 Å². The summed E-state index contributed by atoms with van der Waals surface area (Å²) in [4.78, 5) is 0.0494.